The van der Waals surface area contributed by atoms with Crippen LogP contribution in [0.2, 0.25) is 5.02 Å². The topological polar surface area (TPSA) is 101 Å². The van der Waals surface area contributed by atoms with E-state index < -0.39 is 0 Å². The molecule has 9 nitrogen and oxygen atoms in total. The molecule has 10 heteroatoms. The number of tetrazole rings is 1. The first-order valence-electron chi connectivity index (χ1n) is 9.05. The van der Waals surface area contributed by atoms with Gasteiger partial charge in [0.1, 0.15) is 17.9 Å². The number of Topliss-reactive ketones (excluding diaryl/α,β-unsaturated/α-hetero) is 1. The molecule has 0 spiro atoms. The Bertz CT molecular complexity index is 1180. The lowest BCUT2D eigenvalue weighted by Crippen LogP contribution is -2.09. The highest BCUT2D eigenvalue weighted by Gasteiger charge is 2.19. The van der Waals surface area contributed by atoms with Crippen molar-refractivity contribution in [2.75, 3.05) is 0 Å². The second-order valence-electron chi connectivity index (χ2n) is 6.42. The third-order valence-corrected chi connectivity index (χ3v) is 4.69. The number of nitrogens with zero attached hydrogens (tertiary/aromatic N) is 7. The number of carbonyl (C=O) groups excluding carboxylic acids is 1. The Balaban J connectivity index is 1.67. The van der Waals surface area contributed by atoms with E-state index in [2.05, 4.69) is 25.5 Å². The number of para-hydroxylation sites is 1. The minimum atomic E-state index is 0.141. The van der Waals surface area contributed by atoms with Gasteiger partial charge in [-0.3, -0.25) is 9.78 Å². The lowest BCUT2D eigenvalue weighted by molar-refractivity contribution is -0.118. The van der Waals surface area contributed by atoms with Crippen molar-refractivity contribution in [1.82, 2.24) is 34.7 Å². The predicted molar refractivity (Wildman–Crippen MR) is 106 cm³/mol. The minimum Gasteiger partial charge on any atom is -0.458 e. The summed E-state index contributed by atoms with van der Waals surface area (Å²) in [5.41, 5.74) is 2.71. The van der Waals surface area contributed by atoms with Crippen LogP contribution in [0.15, 0.2) is 36.4 Å². The van der Waals surface area contributed by atoms with E-state index in [1.807, 2.05) is 37.3 Å². The number of ether oxygens (including phenoxy) is 1. The monoisotopic (exact) mass is 411 g/mol. The number of imidazole rings is 1. The number of fused-ring (bicyclic) bond motifs is 1. The Hall–Kier alpha value is -3.33. The molecule has 4 aromatic rings. The van der Waals surface area contributed by atoms with E-state index >= 15 is 0 Å². The highest BCUT2D eigenvalue weighted by Crippen LogP contribution is 2.29. The van der Waals surface area contributed by atoms with Crippen molar-refractivity contribution in [2.45, 2.75) is 26.4 Å². The molecule has 148 valence electrons. The quantitative estimate of drug-likeness (QED) is 0.460. The van der Waals surface area contributed by atoms with Gasteiger partial charge in [-0.2, -0.15) is 4.98 Å². The molecule has 0 unspecified atom stereocenters. The molecule has 0 saturated heterocycles. The molecule has 0 amide bonds. The third kappa shape index (κ3) is 3.81. The number of hydrogen-bond acceptors (Lipinski definition) is 7. The summed E-state index contributed by atoms with van der Waals surface area (Å²) in [6, 6.07) is 11.3. The van der Waals surface area contributed by atoms with Crippen LogP contribution in [0.1, 0.15) is 24.7 Å². The first-order chi connectivity index (χ1) is 14.1. The van der Waals surface area contributed by atoms with Gasteiger partial charge in [0, 0.05) is 25.6 Å². The molecule has 29 heavy (non-hydrogen) atoms. The molecule has 1 aromatic carbocycles. The van der Waals surface area contributed by atoms with Crippen molar-refractivity contribution in [2.24, 2.45) is 7.05 Å². The molecule has 4 rings (SSSR count). The molecule has 0 N–H and O–H groups in total. The maximum absolute atomic E-state index is 11.7. The number of ketones is 1. The van der Waals surface area contributed by atoms with Crippen molar-refractivity contribution in [1.29, 1.82) is 0 Å². The molecule has 0 atom stereocenters. The summed E-state index contributed by atoms with van der Waals surface area (Å²) in [6.07, 6.45) is 0.794. The molecule has 0 aliphatic rings. The fourth-order valence-corrected chi connectivity index (χ4v) is 3.13. The van der Waals surface area contributed by atoms with Crippen LogP contribution in [0.25, 0.3) is 17.0 Å². The standard InChI is InChI=1S/C19H18ClN7O2/c1-3-14(28)10-12-6-4-7-13(21-12)11-29-19-22-17-15(20)8-5-9-16(17)27(19)18-23-24-25-26(18)2/h4-9H,3,10-11H2,1-2H3. The summed E-state index contributed by atoms with van der Waals surface area (Å²) in [5.74, 6) is 0.585. The zero-order chi connectivity index (χ0) is 20.4. The lowest BCUT2D eigenvalue weighted by Gasteiger charge is -2.09. The first kappa shape index (κ1) is 19.0. The Kier molecular flexibility index (Phi) is 5.22. The molecule has 0 fully saturated rings. The van der Waals surface area contributed by atoms with Crippen molar-refractivity contribution >= 4 is 28.4 Å². The van der Waals surface area contributed by atoms with Crippen LogP contribution in [0.3, 0.4) is 0 Å². The van der Waals surface area contributed by atoms with Crippen molar-refractivity contribution < 1.29 is 9.53 Å². The molecular formula is C19H18ClN7O2. The average molecular weight is 412 g/mol. The molecule has 0 aliphatic carbocycles. The van der Waals surface area contributed by atoms with Crippen LogP contribution in [-0.2, 0) is 24.9 Å². The fraction of sp³-hybridized carbons (Fsp3) is 0.263. The van der Waals surface area contributed by atoms with E-state index in [4.69, 9.17) is 16.3 Å². The number of aromatic nitrogens is 7. The molecule has 3 heterocycles. The maximum atomic E-state index is 11.7. The average Bonchev–Trinajstić information content (AvgIpc) is 3.30. The molecule has 0 aliphatic heterocycles. The van der Waals surface area contributed by atoms with E-state index in [9.17, 15) is 4.79 Å². The van der Waals surface area contributed by atoms with E-state index in [1.165, 1.54) is 4.68 Å². The summed E-state index contributed by atoms with van der Waals surface area (Å²) >= 11 is 6.31. The Morgan fingerprint density at radius 1 is 1.14 bits per heavy atom. The molecular weight excluding hydrogens is 394 g/mol. The van der Waals surface area contributed by atoms with Gasteiger partial charge in [0.2, 0.25) is 0 Å². The minimum absolute atomic E-state index is 0.141. The van der Waals surface area contributed by atoms with Crippen LogP contribution >= 0.6 is 11.6 Å². The van der Waals surface area contributed by atoms with Crippen LogP contribution in [0.5, 0.6) is 6.01 Å². The first-order valence-corrected chi connectivity index (χ1v) is 9.43. The number of pyridine rings is 1. The summed E-state index contributed by atoms with van der Waals surface area (Å²) in [7, 11) is 1.73. The van der Waals surface area contributed by atoms with Gasteiger partial charge in [0.05, 0.1) is 16.2 Å². The zero-order valence-electron chi connectivity index (χ0n) is 15.9. The van der Waals surface area contributed by atoms with Gasteiger partial charge in [-0.1, -0.05) is 35.8 Å². The van der Waals surface area contributed by atoms with Gasteiger partial charge in [-0.05, 0) is 34.7 Å². The van der Waals surface area contributed by atoms with Crippen molar-refractivity contribution in [3.05, 3.63) is 52.8 Å². The molecule has 3 aromatic heterocycles. The highest BCUT2D eigenvalue weighted by atomic mass is 35.5. The number of hydrogen-bond donors (Lipinski definition) is 0. The smallest absolute Gasteiger partial charge is 0.305 e. The van der Waals surface area contributed by atoms with E-state index in [1.54, 1.807) is 17.7 Å². The molecule has 0 radical (unpaired) electrons. The van der Waals surface area contributed by atoms with Crippen LogP contribution in [-0.4, -0.2) is 40.5 Å². The van der Waals surface area contributed by atoms with Gasteiger partial charge < -0.3 is 4.74 Å². The SMILES string of the molecule is CCC(=O)Cc1cccc(COc2nc3c(Cl)cccc3n2-c2nnnn2C)n1. The molecule has 0 bridgehead atoms. The zero-order valence-corrected chi connectivity index (χ0v) is 16.7. The van der Waals surface area contributed by atoms with Gasteiger partial charge in [-0.25, -0.2) is 9.25 Å². The third-order valence-electron chi connectivity index (χ3n) is 4.39. The second-order valence-corrected chi connectivity index (χ2v) is 6.82. The van der Waals surface area contributed by atoms with E-state index in [0.717, 1.165) is 5.52 Å². The second kappa shape index (κ2) is 7.96. The van der Waals surface area contributed by atoms with Gasteiger partial charge in [-0.15, -0.1) is 0 Å². The van der Waals surface area contributed by atoms with Gasteiger partial charge in [0.25, 0.3) is 5.95 Å². The van der Waals surface area contributed by atoms with Crippen LogP contribution < -0.4 is 4.74 Å². The van der Waals surface area contributed by atoms with Crippen molar-refractivity contribution in [3.63, 3.8) is 0 Å². The van der Waals surface area contributed by atoms with Crippen LogP contribution in [0, 0.1) is 0 Å². The van der Waals surface area contributed by atoms with Crippen molar-refractivity contribution in [3.8, 4) is 12.0 Å². The Morgan fingerprint density at radius 3 is 2.69 bits per heavy atom. The normalized spacial score (nSPS) is 11.1. The predicted octanol–water partition coefficient (Wildman–Crippen LogP) is 2.70. The fourth-order valence-electron chi connectivity index (χ4n) is 2.92. The van der Waals surface area contributed by atoms with Gasteiger partial charge in [0.15, 0.2) is 0 Å². The lowest BCUT2D eigenvalue weighted by atomic mass is 10.1. The van der Waals surface area contributed by atoms with E-state index in [-0.39, 0.29) is 12.4 Å². The Labute approximate surface area is 171 Å². The maximum Gasteiger partial charge on any atom is 0.305 e. The number of benzene rings is 1. The van der Waals surface area contributed by atoms with Crippen LogP contribution in [0.4, 0.5) is 0 Å². The summed E-state index contributed by atoms with van der Waals surface area (Å²) in [5, 5.41) is 12.1. The largest absolute Gasteiger partial charge is 0.458 e. The number of rotatable bonds is 7. The van der Waals surface area contributed by atoms with Gasteiger partial charge >= 0.3 is 6.01 Å². The summed E-state index contributed by atoms with van der Waals surface area (Å²) in [4.78, 5) is 20.7. The Morgan fingerprint density at radius 2 is 1.93 bits per heavy atom. The molecule has 0 saturated carbocycles. The highest BCUT2D eigenvalue weighted by molar-refractivity contribution is 6.35. The van der Waals surface area contributed by atoms with E-state index in [0.29, 0.717) is 46.7 Å². The number of halogens is 1. The number of aryl methyl sites for hydroxylation is 1. The summed E-state index contributed by atoms with van der Waals surface area (Å²) in [6.45, 7) is 2.01. The number of carbonyl (C=O) groups is 1. The summed E-state index contributed by atoms with van der Waals surface area (Å²) < 4.78 is 9.18.